The van der Waals surface area contributed by atoms with Gasteiger partial charge in [0.15, 0.2) is 0 Å². The van der Waals surface area contributed by atoms with Crippen LogP contribution >= 0.6 is 11.8 Å². The number of aromatic nitrogens is 1. The molecule has 0 saturated carbocycles. The molecule has 42 heavy (non-hydrogen) atoms. The number of thioether (sulfide) groups is 1. The van der Waals surface area contributed by atoms with Crippen molar-refractivity contribution in [1.29, 1.82) is 10.5 Å². The van der Waals surface area contributed by atoms with E-state index in [-0.39, 0.29) is 47.9 Å². The number of amides is 2. The smallest absolute Gasteiger partial charge is 0.368 e. The summed E-state index contributed by atoms with van der Waals surface area (Å²) in [5.41, 5.74) is 12.5. The van der Waals surface area contributed by atoms with Crippen LogP contribution < -0.4 is 16.4 Å². The van der Waals surface area contributed by atoms with Crippen molar-refractivity contribution in [2.24, 2.45) is 11.5 Å². The molecule has 3 rings (SSSR count). The lowest BCUT2D eigenvalue weighted by molar-refractivity contribution is -0.245. The molecule has 1 aliphatic heterocycles. The van der Waals surface area contributed by atoms with Gasteiger partial charge in [0.2, 0.25) is 5.91 Å². The average molecular weight is 604 g/mol. The zero-order chi connectivity index (χ0) is 31.2. The van der Waals surface area contributed by atoms with Gasteiger partial charge in [0.05, 0.1) is 23.2 Å². The number of pyridine rings is 1. The van der Waals surface area contributed by atoms with Gasteiger partial charge in [-0.15, -0.1) is 0 Å². The number of carbonyl (C=O) groups excluding carboxylic acids is 3. The number of hydroxylamine groups is 2. The van der Waals surface area contributed by atoms with Crippen LogP contribution in [0.5, 0.6) is 0 Å². The Kier molecular flexibility index (Phi) is 10.4. The number of hydrogen-bond acceptors (Lipinski definition) is 10. The van der Waals surface area contributed by atoms with Gasteiger partial charge >= 0.3 is 12.1 Å². The van der Waals surface area contributed by atoms with Gasteiger partial charge in [-0.3, -0.25) is 9.59 Å². The molecule has 0 radical (unpaired) electrons. The summed E-state index contributed by atoms with van der Waals surface area (Å²) in [6.45, 7) is 3.23. The molecule has 2 aromatic rings. The lowest BCUT2D eigenvalue weighted by Crippen LogP contribution is -2.53. The van der Waals surface area contributed by atoms with Crippen molar-refractivity contribution in [3.63, 3.8) is 0 Å². The van der Waals surface area contributed by atoms with Crippen molar-refractivity contribution >= 4 is 35.4 Å². The molecule has 1 aromatic carbocycles. The molecule has 1 aromatic heterocycles. The third-order valence-electron chi connectivity index (χ3n) is 6.53. The molecule has 4 N–H and O–H groups in total. The highest BCUT2D eigenvalue weighted by Crippen LogP contribution is 2.40. The Bertz CT molecular complexity index is 1420. The Labute approximate surface area is 244 Å². The fraction of sp³-hybridized carbons (Fsp3) is 0.407. The number of benzene rings is 1. The second kappa shape index (κ2) is 13.5. The van der Waals surface area contributed by atoms with Crippen LogP contribution in [0.4, 0.5) is 19.0 Å². The van der Waals surface area contributed by atoms with E-state index in [9.17, 15) is 38.1 Å². The van der Waals surface area contributed by atoms with E-state index in [0.717, 1.165) is 11.8 Å². The largest absolute Gasteiger partial charge is 0.493 e. The Morgan fingerprint density at radius 3 is 2.24 bits per heavy atom. The van der Waals surface area contributed by atoms with Gasteiger partial charge < -0.3 is 21.2 Å². The van der Waals surface area contributed by atoms with Crippen LogP contribution in [0.1, 0.15) is 54.2 Å². The number of anilines is 1. The van der Waals surface area contributed by atoms with E-state index in [4.69, 9.17) is 11.5 Å². The zero-order valence-corrected chi connectivity index (χ0v) is 23.5. The number of nitrogens with zero attached hydrogens (tertiary/aromatic N) is 5. The highest BCUT2D eigenvalue weighted by molar-refractivity contribution is 8.00. The first-order valence-electron chi connectivity index (χ1n) is 12.8. The minimum atomic E-state index is -5.32. The minimum absolute atomic E-state index is 0.0496. The van der Waals surface area contributed by atoms with Crippen molar-refractivity contribution in [2.45, 2.75) is 61.6 Å². The molecule has 1 saturated heterocycles. The first-order valence-corrected chi connectivity index (χ1v) is 13.7. The van der Waals surface area contributed by atoms with E-state index in [0.29, 0.717) is 22.6 Å². The zero-order valence-electron chi connectivity index (χ0n) is 22.7. The molecule has 2 amide bonds. The van der Waals surface area contributed by atoms with Gasteiger partial charge in [0.25, 0.3) is 5.91 Å². The van der Waals surface area contributed by atoms with Gasteiger partial charge in [-0.25, -0.2) is 9.78 Å². The van der Waals surface area contributed by atoms with Gasteiger partial charge in [0, 0.05) is 13.1 Å². The van der Waals surface area contributed by atoms with Gasteiger partial charge in [0.1, 0.15) is 28.2 Å². The van der Waals surface area contributed by atoms with Crippen molar-refractivity contribution < 1.29 is 32.4 Å². The topological polar surface area (TPSA) is 179 Å². The van der Waals surface area contributed by atoms with Crippen molar-refractivity contribution in [1.82, 2.24) is 10.0 Å². The first kappa shape index (κ1) is 32.2. The number of hydrogen-bond donors (Lipinski definition) is 2. The molecule has 2 heterocycles. The van der Waals surface area contributed by atoms with Crippen molar-refractivity contribution in [2.75, 3.05) is 18.0 Å². The lowest BCUT2D eigenvalue weighted by atomic mass is 9.99. The van der Waals surface area contributed by atoms with Gasteiger partial charge in [-0.05, 0) is 37.3 Å². The summed E-state index contributed by atoms with van der Waals surface area (Å²) in [7, 11) is 0. The number of rotatable bonds is 8. The molecular weight excluding hydrogens is 575 g/mol. The van der Waals surface area contributed by atoms with Crippen LogP contribution in [-0.2, 0) is 25.6 Å². The summed E-state index contributed by atoms with van der Waals surface area (Å²) in [6.07, 6.45) is -4.93. The maximum atomic E-state index is 12.9. The molecular formula is C27H28F3N7O4S. The normalized spacial score (nSPS) is 15.2. The Morgan fingerprint density at radius 2 is 1.76 bits per heavy atom. The van der Waals surface area contributed by atoms with E-state index >= 15 is 0 Å². The second-order valence-electron chi connectivity index (χ2n) is 9.40. The third kappa shape index (κ3) is 7.10. The number of alkyl halides is 3. The summed E-state index contributed by atoms with van der Waals surface area (Å²) in [6, 6.07) is 10.7. The van der Waals surface area contributed by atoms with E-state index in [1.165, 1.54) is 6.92 Å². The minimum Gasteiger partial charge on any atom is -0.368 e. The van der Waals surface area contributed by atoms with E-state index in [1.807, 2.05) is 0 Å². The SMILES string of the molecule is CCc1c(C#N)c(SC(C(N)=O)c2ccccc2)nc(N2CCC(N(OC(=O)C(F)(F)F)C(=O)[C@H](C)N)CC2)c1C#N. The standard InChI is InChI=1S/C27H28F3N7O4S/c1-3-18-19(13-31)23(35-24(20(18)14-32)42-21(22(34)38)16-7-5-4-6-8-16)36-11-9-17(10-12-36)37(25(39)15(2)33)41-26(40)27(28,29)30/h4-8,15,17,21H,3,9-12,33H2,1-2H3,(H2,34,38)/t15-,21?/m0/s1. The molecule has 1 aliphatic rings. The quantitative estimate of drug-likeness (QED) is 0.337. The summed E-state index contributed by atoms with van der Waals surface area (Å²) in [4.78, 5) is 47.2. The number of nitrogens with two attached hydrogens (primary N) is 2. The first-order chi connectivity index (χ1) is 19.8. The molecule has 11 nitrogen and oxygen atoms in total. The van der Waals surface area contributed by atoms with Crippen LogP contribution in [0.3, 0.4) is 0 Å². The fourth-order valence-electron chi connectivity index (χ4n) is 4.48. The van der Waals surface area contributed by atoms with Crippen LogP contribution in [0.2, 0.25) is 0 Å². The number of nitriles is 2. The molecule has 0 bridgehead atoms. The van der Waals surface area contributed by atoms with E-state index in [1.54, 1.807) is 42.2 Å². The molecule has 0 spiro atoms. The average Bonchev–Trinajstić information content (AvgIpc) is 2.97. The van der Waals surface area contributed by atoms with Crippen LogP contribution in [0, 0.1) is 22.7 Å². The molecule has 15 heteroatoms. The van der Waals surface area contributed by atoms with Gasteiger partial charge in [-0.1, -0.05) is 49.0 Å². The number of halogens is 3. The monoisotopic (exact) mass is 603 g/mol. The number of piperidine rings is 1. The molecule has 0 aliphatic carbocycles. The molecule has 1 unspecified atom stereocenters. The lowest BCUT2D eigenvalue weighted by Gasteiger charge is -2.38. The van der Waals surface area contributed by atoms with Crippen LogP contribution in [-0.4, -0.2) is 59.2 Å². The third-order valence-corrected chi connectivity index (χ3v) is 7.79. The summed E-state index contributed by atoms with van der Waals surface area (Å²) in [5.74, 6) is -3.99. The molecule has 222 valence electrons. The van der Waals surface area contributed by atoms with E-state index in [2.05, 4.69) is 22.0 Å². The summed E-state index contributed by atoms with van der Waals surface area (Å²) >= 11 is 0.975. The van der Waals surface area contributed by atoms with Crippen LogP contribution in [0.25, 0.3) is 0 Å². The maximum absolute atomic E-state index is 12.9. The Balaban J connectivity index is 1.97. The predicted molar refractivity (Wildman–Crippen MR) is 145 cm³/mol. The Hall–Kier alpha value is -4.34. The number of carbonyl (C=O) groups is 3. The molecule has 2 atom stereocenters. The highest BCUT2D eigenvalue weighted by atomic mass is 32.2. The number of primary amides is 1. The van der Waals surface area contributed by atoms with E-state index < -0.39 is 41.3 Å². The predicted octanol–water partition coefficient (Wildman–Crippen LogP) is 2.87. The van der Waals surface area contributed by atoms with Crippen molar-refractivity contribution in [3.8, 4) is 12.1 Å². The summed E-state index contributed by atoms with van der Waals surface area (Å²) in [5, 5.41) is 19.7. The highest BCUT2D eigenvalue weighted by Gasteiger charge is 2.45. The van der Waals surface area contributed by atoms with Crippen LogP contribution in [0.15, 0.2) is 35.4 Å². The Morgan fingerprint density at radius 1 is 1.17 bits per heavy atom. The maximum Gasteiger partial charge on any atom is 0.493 e. The fourth-order valence-corrected chi connectivity index (χ4v) is 5.54. The van der Waals surface area contributed by atoms with Crippen molar-refractivity contribution in [3.05, 3.63) is 52.6 Å². The second-order valence-corrected chi connectivity index (χ2v) is 10.5. The molecule has 1 fully saturated rings. The summed E-state index contributed by atoms with van der Waals surface area (Å²) < 4.78 is 38.6. The van der Waals surface area contributed by atoms with Gasteiger partial charge in [-0.2, -0.15) is 28.8 Å².